The minimum Gasteiger partial charge on any atom is -0.497 e. The molecule has 1 atom stereocenters. The standard InChI is InChI=1S/C19H16F3N3O4/c1-29-14-4-2-3-13(9-14)25-17(27)15(10-23-18(25)28)16(26)24-12-7-5-11(6-8-12)19(20,21)22/h2-9,15H,10H2,1H3,(H,23,28)(H,24,26). The number of nitrogens with one attached hydrogen (secondary N) is 2. The van der Waals surface area contributed by atoms with E-state index in [0.29, 0.717) is 5.75 Å². The summed E-state index contributed by atoms with van der Waals surface area (Å²) in [5.41, 5.74) is -0.541. The first-order chi connectivity index (χ1) is 13.7. The molecule has 1 unspecified atom stereocenters. The first-order valence-electron chi connectivity index (χ1n) is 8.44. The molecule has 7 nitrogen and oxygen atoms in total. The van der Waals surface area contributed by atoms with Gasteiger partial charge in [0.2, 0.25) is 11.8 Å². The van der Waals surface area contributed by atoms with Crippen LogP contribution in [0, 0.1) is 5.92 Å². The lowest BCUT2D eigenvalue weighted by Crippen LogP contribution is -2.58. The summed E-state index contributed by atoms with van der Waals surface area (Å²) in [6.45, 7) is -0.232. The van der Waals surface area contributed by atoms with E-state index in [1.807, 2.05) is 0 Å². The fraction of sp³-hybridized carbons (Fsp3) is 0.211. The third-order valence-electron chi connectivity index (χ3n) is 4.29. The molecule has 1 saturated heterocycles. The van der Waals surface area contributed by atoms with Gasteiger partial charge >= 0.3 is 12.2 Å². The third kappa shape index (κ3) is 4.31. The van der Waals surface area contributed by atoms with Crippen molar-refractivity contribution >= 4 is 29.2 Å². The number of hydrogen-bond acceptors (Lipinski definition) is 4. The van der Waals surface area contributed by atoms with E-state index in [0.717, 1.165) is 29.2 Å². The molecule has 0 bridgehead atoms. The van der Waals surface area contributed by atoms with Crippen molar-refractivity contribution in [3.63, 3.8) is 0 Å². The molecule has 1 aliphatic heterocycles. The first-order valence-corrected chi connectivity index (χ1v) is 8.44. The number of benzene rings is 2. The van der Waals surface area contributed by atoms with Gasteiger partial charge in [0.05, 0.1) is 18.4 Å². The monoisotopic (exact) mass is 407 g/mol. The van der Waals surface area contributed by atoms with Crippen molar-refractivity contribution in [1.82, 2.24) is 5.32 Å². The molecule has 10 heteroatoms. The minimum atomic E-state index is -4.50. The quantitative estimate of drug-likeness (QED) is 0.763. The van der Waals surface area contributed by atoms with Gasteiger partial charge in [0, 0.05) is 18.3 Å². The molecule has 4 amide bonds. The van der Waals surface area contributed by atoms with Crippen LogP contribution in [0.4, 0.5) is 29.3 Å². The fourth-order valence-corrected chi connectivity index (χ4v) is 2.78. The predicted molar refractivity (Wildman–Crippen MR) is 97.4 cm³/mol. The molecule has 0 saturated carbocycles. The second-order valence-corrected chi connectivity index (χ2v) is 6.18. The molecule has 152 valence electrons. The summed E-state index contributed by atoms with van der Waals surface area (Å²) >= 11 is 0. The lowest BCUT2D eigenvalue weighted by Gasteiger charge is -2.30. The van der Waals surface area contributed by atoms with E-state index >= 15 is 0 Å². The Bertz CT molecular complexity index is 944. The molecule has 2 N–H and O–H groups in total. The Labute approximate surface area is 163 Å². The normalized spacial score (nSPS) is 17.0. The van der Waals surface area contributed by atoms with Crippen LogP contribution in [-0.4, -0.2) is 31.5 Å². The van der Waals surface area contributed by atoms with Crippen LogP contribution in [0.5, 0.6) is 5.75 Å². The van der Waals surface area contributed by atoms with Crippen molar-refractivity contribution in [2.75, 3.05) is 23.9 Å². The molecule has 1 aliphatic rings. The maximum Gasteiger partial charge on any atom is 0.416 e. The number of nitrogens with zero attached hydrogens (tertiary/aromatic N) is 1. The van der Waals surface area contributed by atoms with Gasteiger partial charge in [-0.05, 0) is 36.4 Å². The van der Waals surface area contributed by atoms with E-state index < -0.39 is 35.5 Å². The zero-order valence-electron chi connectivity index (χ0n) is 15.1. The highest BCUT2D eigenvalue weighted by Gasteiger charge is 2.39. The number of amides is 4. The zero-order chi connectivity index (χ0) is 21.2. The molecule has 0 radical (unpaired) electrons. The van der Waals surface area contributed by atoms with Crippen molar-refractivity contribution in [3.05, 3.63) is 54.1 Å². The molecule has 2 aromatic rings. The number of methoxy groups -OCH3 is 1. The maximum atomic E-state index is 12.8. The lowest BCUT2D eigenvalue weighted by atomic mass is 10.0. The summed E-state index contributed by atoms with van der Waals surface area (Å²) < 4.78 is 43.0. The smallest absolute Gasteiger partial charge is 0.416 e. The third-order valence-corrected chi connectivity index (χ3v) is 4.29. The Balaban J connectivity index is 1.77. The van der Waals surface area contributed by atoms with Gasteiger partial charge in [0.15, 0.2) is 0 Å². The van der Waals surface area contributed by atoms with Crippen LogP contribution in [0.25, 0.3) is 0 Å². The summed E-state index contributed by atoms with van der Waals surface area (Å²) in [4.78, 5) is 38.3. The van der Waals surface area contributed by atoms with E-state index in [9.17, 15) is 27.6 Å². The van der Waals surface area contributed by atoms with Crippen molar-refractivity contribution in [3.8, 4) is 5.75 Å². The number of carbonyl (C=O) groups is 3. The number of anilines is 2. The molecule has 29 heavy (non-hydrogen) atoms. The SMILES string of the molecule is COc1cccc(N2C(=O)NCC(C(=O)Nc3ccc(C(F)(F)F)cc3)C2=O)c1. The highest BCUT2D eigenvalue weighted by molar-refractivity contribution is 6.23. The number of carbonyl (C=O) groups excluding carboxylic acids is 3. The topological polar surface area (TPSA) is 87.7 Å². The Hall–Kier alpha value is -3.56. The highest BCUT2D eigenvalue weighted by Crippen LogP contribution is 2.30. The van der Waals surface area contributed by atoms with Gasteiger partial charge in [-0.1, -0.05) is 6.07 Å². The number of hydrogen-bond donors (Lipinski definition) is 2. The fourth-order valence-electron chi connectivity index (χ4n) is 2.78. The molecular weight excluding hydrogens is 391 g/mol. The summed E-state index contributed by atoms with van der Waals surface area (Å²) in [6.07, 6.45) is -4.50. The summed E-state index contributed by atoms with van der Waals surface area (Å²) in [7, 11) is 1.43. The molecule has 0 aliphatic carbocycles. The molecule has 1 heterocycles. The van der Waals surface area contributed by atoms with Crippen LogP contribution in [0.1, 0.15) is 5.56 Å². The molecule has 0 spiro atoms. The van der Waals surface area contributed by atoms with E-state index in [1.54, 1.807) is 12.1 Å². The average molecular weight is 407 g/mol. The van der Waals surface area contributed by atoms with Gasteiger partial charge in [-0.2, -0.15) is 13.2 Å². The van der Waals surface area contributed by atoms with Crippen LogP contribution in [0.3, 0.4) is 0 Å². The van der Waals surface area contributed by atoms with Gasteiger partial charge in [-0.15, -0.1) is 0 Å². The molecule has 2 aromatic carbocycles. The molecule has 3 rings (SSSR count). The highest BCUT2D eigenvalue weighted by atomic mass is 19.4. The number of rotatable bonds is 4. The van der Waals surface area contributed by atoms with Crippen LogP contribution < -0.4 is 20.3 Å². The lowest BCUT2D eigenvalue weighted by molar-refractivity contribution is -0.137. The predicted octanol–water partition coefficient (Wildman–Crippen LogP) is 3.03. The second kappa shape index (κ2) is 7.82. The number of ether oxygens (including phenoxy) is 1. The van der Waals surface area contributed by atoms with Gasteiger partial charge in [-0.3, -0.25) is 9.59 Å². The van der Waals surface area contributed by atoms with Crippen molar-refractivity contribution in [2.24, 2.45) is 5.92 Å². The zero-order valence-corrected chi connectivity index (χ0v) is 15.1. The van der Waals surface area contributed by atoms with Crippen LogP contribution in [0.15, 0.2) is 48.5 Å². The van der Waals surface area contributed by atoms with Crippen LogP contribution >= 0.6 is 0 Å². The Morgan fingerprint density at radius 3 is 2.48 bits per heavy atom. The number of urea groups is 1. The van der Waals surface area contributed by atoms with Crippen molar-refractivity contribution in [1.29, 1.82) is 0 Å². The van der Waals surface area contributed by atoms with E-state index in [-0.39, 0.29) is 17.9 Å². The first kappa shape index (κ1) is 20.2. The largest absolute Gasteiger partial charge is 0.497 e. The Morgan fingerprint density at radius 1 is 1.17 bits per heavy atom. The van der Waals surface area contributed by atoms with E-state index in [1.165, 1.54) is 19.2 Å². The van der Waals surface area contributed by atoms with Gasteiger partial charge in [0.1, 0.15) is 11.7 Å². The maximum absolute atomic E-state index is 12.8. The van der Waals surface area contributed by atoms with Crippen LogP contribution in [0.2, 0.25) is 0 Å². The second-order valence-electron chi connectivity index (χ2n) is 6.18. The summed E-state index contributed by atoms with van der Waals surface area (Å²) in [6, 6.07) is 9.32. The number of halogens is 3. The number of alkyl halides is 3. The van der Waals surface area contributed by atoms with E-state index in [2.05, 4.69) is 10.6 Å². The minimum absolute atomic E-state index is 0.0978. The molecule has 1 fully saturated rings. The van der Waals surface area contributed by atoms with Crippen LogP contribution in [-0.2, 0) is 15.8 Å². The van der Waals surface area contributed by atoms with Gasteiger partial charge in [0.25, 0.3) is 0 Å². The van der Waals surface area contributed by atoms with Gasteiger partial charge in [-0.25, -0.2) is 9.69 Å². The summed E-state index contributed by atoms with van der Waals surface area (Å²) in [5.74, 6) is -2.34. The summed E-state index contributed by atoms with van der Waals surface area (Å²) in [5, 5.41) is 4.86. The van der Waals surface area contributed by atoms with Crippen molar-refractivity contribution < 1.29 is 32.3 Å². The average Bonchev–Trinajstić information content (AvgIpc) is 2.68. The van der Waals surface area contributed by atoms with Gasteiger partial charge < -0.3 is 15.4 Å². The number of imide groups is 1. The molecule has 0 aromatic heterocycles. The van der Waals surface area contributed by atoms with E-state index in [4.69, 9.17) is 4.74 Å². The van der Waals surface area contributed by atoms with Crippen molar-refractivity contribution in [2.45, 2.75) is 6.18 Å². The Morgan fingerprint density at radius 2 is 1.86 bits per heavy atom. The molecular formula is C19H16F3N3O4. The Kier molecular flexibility index (Phi) is 5.44.